The van der Waals surface area contributed by atoms with E-state index in [-0.39, 0.29) is 86.8 Å². The fraction of sp³-hybridized carbons (Fsp3) is 0.214. The van der Waals surface area contributed by atoms with E-state index < -0.39 is 5.97 Å². The molecule has 0 aliphatic carbocycles. The molecule has 0 bridgehead atoms. The molecule has 0 unspecified atom stereocenters. The third kappa shape index (κ3) is 8.76. The minimum absolute atomic E-state index is 0. The van der Waals surface area contributed by atoms with Gasteiger partial charge in [-0.3, -0.25) is 0 Å². The van der Waals surface area contributed by atoms with Gasteiger partial charge in [-0.2, -0.15) is 12.8 Å². The first-order valence-corrected chi connectivity index (χ1v) is 4.80. The van der Waals surface area contributed by atoms with Gasteiger partial charge in [-0.1, -0.05) is 23.3 Å². The van der Waals surface area contributed by atoms with Gasteiger partial charge in [0.2, 0.25) is 0 Å². The van der Waals surface area contributed by atoms with Crippen LogP contribution in [0.15, 0.2) is 18.2 Å². The van der Waals surface area contributed by atoms with Crippen LogP contribution in [0.2, 0.25) is 0 Å². The van der Waals surface area contributed by atoms with Gasteiger partial charge >= 0.3 is 5.97 Å². The topological polar surface area (TPSA) is 26.3 Å². The van der Waals surface area contributed by atoms with E-state index in [9.17, 15) is 4.79 Å². The summed E-state index contributed by atoms with van der Waals surface area (Å²) in [4.78, 5) is 11.5. The van der Waals surface area contributed by atoms with Gasteiger partial charge in [0, 0.05) is 71.9 Å². The Balaban J connectivity index is -0.000000281. The summed E-state index contributed by atoms with van der Waals surface area (Å²) < 4.78 is 4.76. The van der Waals surface area contributed by atoms with Gasteiger partial charge in [-0.15, -0.1) is 0 Å². The van der Waals surface area contributed by atoms with E-state index in [1.54, 1.807) is 6.07 Å². The molecule has 0 N–H and O–H groups in total. The van der Waals surface area contributed by atoms with Crippen LogP contribution >= 0.6 is 0 Å². The van der Waals surface area contributed by atoms with Crippen molar-refractivity contribution in [2.45, 2.75) is 12.8 Å². The fourth-order valence-corrected chi connectivity index (χ4v) is 1.34. The Bertz CT molecular complexity index is 357. The summed E-state index contributed by atoms with van der Waals surface area (Å²) in [6, 6.07) is 5.60. The number of hydrogen-bond donors (Lipinski definition) is 0. The maximum atomic E-state index is 11.5. The molecule has 0 atom stereocenters. The van der Waals surface area contributed by atoms with E-state index in [4.69, 9.17) is 12.6 Å². The quantitative estimate of drug-likeness (QED) is 0.435. The predicted molar refractivity (Wildman–Crippen MR) is 73.4 cm³/mol. The zero-order valence-electron chi connectivity index (χ0n) is 11.8. The van der Waals surface area contributed by atoms with E-state index in [0.717, 1.165) is 11.1 Å². The number of benzene rings is 1. The SMILES string of the molecule is [B]COC(=O)c1cc(C[CH2-])ccc1C[CH2-].[CH3-].[CH3-].[Y].[Y]. The van der Waals surface area contributed by atoms with Crippen molar-refractivity contribution in [3.63, 3.8) is 0 Å². The Morgan fingerprint density at radius 2 is 1.74 bits per heavy atom. The number of hydrogen-bond acceptors (Lipinski definition) is 2. The molecule has 0 heterocycles. The van der Waals surface area contributed by atoms with Gasteiger partial charge in [0.1, 0.15) is 7.85 Å². The van der Waals surface area contributed by atoms with Gasteiger partial charge in [-0.25, -0.2) is 4.79 Å². The van der Waals surface area contributed by atoms with Crippen LogP contribution in [0.1, 0.15) is 21.5 Å². The zero-order valence-corrected chi connectivity index (χ0v) is 17.5. The minimum Gasteiger partial charge on any atom is -0.472 e. The first kappa shape index (κ1) is 28.2. The third-order valence-corrected chi connectivity index (χ3v) is 2.17. The van der Waals surface area contributed by atoms with Crippen LogP contribution in [-0.2, 0) is 83.0 Å². The van der Waals surface area contributed by atoms with Crippen LogP contribution in [0.3, 0.4) is 0 Å². The molecular weight excluding hydrogens is 389 g/mol. The van der Waals surface area contributed by atoms with Crippen LogP contribution in [0, 0.1) is 28.7 Å². The van der Waals surface area contributed by atoms with Crippen LogP contribution in [-0.4, -0.2) is 20.3 Å². The molecule has 0 aliphatic rings. The molecule has 0 aromatic heterocycles. The molecule has 1 aromatic carbocycles. The molecule has 5 heteroatoms. The summed E-state index contributed by atoms with van der Waals surface area (Å²) in [7, 11) is 5.16. The predicted octanol–water partition coefficient (Wildman–Crippen LogP) is 2.62. The van der Waals surface area contributed by atoms with Crippen molar-refractivity contribution >= 4 is 13.8 Å². The molecule has 0 amide bonds. The molecule has 100 valence electrons. The summed E-state index contributed by atoms with van der Waals surface area (Å²) in [5, 5.41) is 0. The van der Waals surface area contributed by atoms with Crippen molar-refractivity contribution in [3.05, 3.63) is 63.6 Å². The summed E-state index contributed by atoms with van der Waals surface area (Å²) in [5.41, 5.74) is 2.40. The number of carbonyl (C=O) groups is 1. The van der Waals surface area contributed by atoms with Gasteiger partial charge in [0.05, 0.1) is 5.56 Å². The van der Waals surface area contributed by atoms with Crippen LogP contribution in [0.25, 0.3) is 0 Å². The molecule has 2 nitrogen and oxygen atoms in total. The molecule has 0 aliphatic heterocycles. The maximum absolute atomic E-state index is 11.5. The maximum Gasteiger partial charge on any atom is 0.337 e. The number of rotatable bonds is 4. The monoisotopic (exact) mass is 408 g/mol. The van der Waals surface area contributed by atoms with Crippen molar-refractivity contribution in [2.24, 2.45) is 0 Å². The summed E-state index contributed by atoms with van der Waals surface area (Å²) in [6.07, 6.45) is 1.19. The van der Waals surface area contributed by atoms with Crippen molar-refractivity contribution in [1.82, 2.24) is 0 Å². The second kappa shape index (κ2) is 15.4. The second-order valence-corrected chi connectivity index (χ2v) is 3.09. The second-order valence-electron chi connectivity index (χ2n) is 3.09. The average Bonchev–Trinajstić information content (AvgIpc) is 2.28. The smallest absolute Gasteiger partial charge is 0.337 e. The van der Waals surface area contributed by atoms with Gasteiger partial charge in [0.25, 0.3) is 0 Å². The molecule has 4 radical (unpaired) electrons. The summed E-state index contributed by atoms with van der Waals surface area (Å²) in [6.45, 7) is 7.42. The largest absolute Gasteiger partial charge is 0.472 e. The van der Waals surface area contributed by atoms with Crippen molar-refractivity contribution in [3.8, 4) is 0 Å². The van der Waals surface area contributed by atoms with Gasteiger partial charge in [0.15, 0.2) is 0 Å². The minimum atomic E-state index is -0.397. The van der Waals surface area contributed by atoms with Gasteiger partial charge < -0.3 is 33.4 Å². The molecule has 0 spiro atoms. The van der Waals surface area contributed by atoms with E-state index in [1.165, 1.54) is 0 Å². The van der Waals surface area contributed by atoms with Crippen LogP contribution < -0.4 is 0 Å². The summed E-state index contributed by atoms with van der Waals surface area (Å²) >= 11 is 0. The van der Waals surface area contributed by atoms with E-state index in [1.807, 2.05) is 12.1 Å². The fourth-order valence-electron chi connectivity index (χ4n) is 1.34. The van der Waals surface area contributed by atoms with Crippen molar-refractivity contribution in [1.29, 1.82) is 0 Å². The third-order valence-electron chi connectivity index (χ3n) is 2.17. The Kier molecular flexibility index (Phi) is 22.8. The molecule has 0 saturated carbocycles. The average molecular weight is 408 g/mol. The van der Waals surface area contributed by atoms with Crippen LogP contribution in [0.4, 0.5) is 0 Å². The normalized spacial score (nSPS) is 7.89. The standard InChI is InChI=1S/C12H13BO2.2CH3.2Y/c1-3-9-5-6-10(4-2)11(7-9)12(14)15-8-13;;;;/h5-7H,1-4,8H2;2*1H3;;/q-2;2*-1;;. The number of carbonyl (C=O) groups excluding carboxylic acids is 1. The van der Waals surface area contributed by atoms with E-state index >= 15 is 0 Å². The molecule has 1 rings (SSSR count). The van der Waals surface area contributed by atoms with E-state index in [2.05, 4.69) is 13.8 Å². The number of ether oxygens (including phenoxy) is 1. The van der Waals surface area contributed by atoms with Crippen molar-refractivity contribution < 1.29 is 74.9 Å². The number of esters is 1. The van der Waals surface area contributed by atoms with Gasteiger partial charge in [-0.05, 0) is 6.07 Å². The molecule has 19 heavy (non-hydrogen) atoms. The molecule has 0 fully saturated rings. The Morgan fingerprint density at radius 3 is 2.16 bits per heavy atom. The Hall–Kier alpha value is 0.963. The summed E-state index contributed by atoms with van der Waals surface area (Å²) in [5.74, 6) is -0.397. The molecule has 1 aromatic rings. The van der Waals surface area contributed by atoms with Crippen molar-refractivity contribution in [2.75, 3.05) is 6.51 Å². The van der Waals surface area contributed by atoms with E-state index in [0.29, 0.717) is 18.4 Å². The molecular formula is C14H19BO2Y2-4. The Labute approximate surface area is 170 Å². The Morgan fingerprint density at radius 1 is 1.16 bits per heavy atom. The first-order valence-electron chi connectivity index (χ1n) is 4.80. The first-order chi connectivity index (χ1) is 7.22. The molecule has 0 saturated heterocycles. The van der Waals surface area contributed by atoms with Crippen LogP contribution in [0.5, 0.6) is 0 Å². The zero-order chi connectivity index (χ0) is 11.3.